The largest absolute Gasteiger partial charge is 0.336 e. The zero-order chi connectivity index (χ0) is 25.4. The number of fused-ring (bicyclic) bond motifs is 1. The number of hydrogen-bond acceptors (Lipinski definition) is 4. The van der Waals surface area contributed by atoms with Gasteiger partial charge in [-0.15, -0.1) is 0 Å². The molecular weight excluding hydrogens is 469 g/mol. The van der Waals surface area contributed by atoms with Crippen LogP contribution in [-0.4, -0.2) is 74.7 Å². The molecule has 2 aliphatic rings. The maximum absolute atomic E-state index is 13.6. The number of amides is 2. The van der Waals surface area contributed by atoms with E-state index in [0.717, 1.165) is 81.1 Å². The van der Waals surface area contributed by atoms with E-state index < -0.39 is 0 Å². The van der Waals surface area contributed by atoms with Crippen molar-refractivity contribution in [3.8, 4) is 16.9 Å². The molecule has 2 fully saturated rings. The van der Waals surface area contributed by atoms with Crippen LogP contribution in [0.1, 0.15) is 31.2 Å². The van der Waals surface area contributed by atoms with Crippen molar-refractivity contribution >= 4 is 16.9 Å². The van der Waals surface area contributed by atoms with Gasteiger partial charge in [-0.2, -0.15) is 15.0 Å². The molecule has 8 nitrogen and oxygen atoms in total. The predicted molar refractivity (Wildman–Crippen MR) is 141 cm³/mol. The Kier molecular flexibility index (Phi) is 6.38. The standard InChI is InChI=1S/C28H32FN7O/c1-2-36-31-18-26(32-36)21-3-8-27-24(17-21)25(19-35(27)23-6-4-22(29)5-7-23)20-9-12-33(13-10-20)15-16-34-14-11-30-28(34)37/h3-8,17-20H,2,9-16H2,1H3,(H,30,37). The number of aromatic nitrogens is 4. The molecule has 0 spiro atoms. The van der Waals surface area contributed by atoms with E-state index >= 15 is 0 Å². The van der Waals surface area contributed by atoms with Gasteiger partial charge in [0.1, 0.15) is 11.5 Å². The SMILES string of the molecule is CCn1ncc(-c2ccc3c(c2)c(C2CCN(CCN4CCNC4=O)CC2)cn3-c2ccc(F)cc2)n1. The average molecular weight is 502 g/mol. The predicted octanol–water partition coefficient (Wildman–Crippen LogP) is 4.25. The minimum atomic E-state index is -0.236. The van der Waals surface area contributed by atoms with E-state index in [2.05, 4.69) is 49.4 Å². The lowest BCUT2D eigenvalue weighted by atomic mass is 9.89. The third-order valence-electron chi connectivity index (χ3n) is 7.71. The van der Waals surface area contributed by atoms with Crippen molar-refractivity contribution in [2.45, 2.75) is 32.2 Å². The molecular formula is C28H32FN7O. The van der Waals surface area contributed by atoms with Gasteiger partial charge in [-0.3, -0.25) is 0 Å². The van der Waals surface area contributed by atoms with E-state index in [1.807, 2.05) is 30.2 Å². The van der Waals surface area contributed by atoms with E-state index in [0.29, 0.717) is 5.92 Å². The summed E-state index contributed by atoms with van der Waals surface area (Å²) in [6.07, 6.45) is 6.18. The normalized spacial score (nSPS) is 17.1. The van der Waals surface area contributed by atoms with E-state index in [1.165, 1.54) is 23.1 Å². The Hall–Kier alpha value is -3.72. The van der Waals surface area contributed by atoms with Crippen molar-refractivity contribution in [3.63, 3.8) is 0 Å². The fourth-order valence-corrected chi connectivity index (χ4v) is 5.59. The van der Waals surface area contributed by atoms with Crippen molar-refractivity contribution in [2.75, 3.05) is 39.3 Å². The molecule has 0 radical (unpaired) electrons. The van der Waals surface area contributed by atoms with E-state index in [1.54, 1.807) is 4.80 Å². The number of urea groups is 1. The lowest BCUT2D eigenvalue weighted by Crippen LogP contribution is -2.40. The van der Waals surface area contributed by atoms with Crippen LogP contribution >= 0.6 is 0 Å². The van der Waals surface area contributed by atoms with Crippen molar-refractivity contribution in [1.29, 1.82) is 0 Å². The molecule has 0 saturated carbocycles. The number of likely N-dealkylation sites (tertiary alicyclic amines) is 1. The van der Waals surface area contributed by atoms with Crippen LogP contribution < -0.4 is 5.32 Å². The summed E-state index contributed by atoms with van der Waals surface area (Å²) in [5.41, 5.74) is 5.29. The van der Waals surface area contributed by atoms with Gasteiger partial charge in [0, 0.05) is 49.0 Å². The number of benzene rings is 2. The Balaban J connectivity index is 1.28. The molecule has 192 valence electrons. The first-order valence-corrected chi connectivity index (χ1v) is 13.2. The number of hydrogen-bond donors (Lipinski definition) is 1. The molecule has 2 aliphatic heterocycles. The zero-order valence-electron chi connectivity index (χ0n) is 21.1. The van der Waals surface area contributed by atoms with Crippen molar-refractivity contribution in [1.82, 2.24) is 34.7 Å². The molecule has 2 aromatic carbocycles. The number of nitrogens with one attached hydrogen (secondary N) is 1. The number of carbonyl (C=O) groups excluding carboxylic acids is 1. The number of piperidine rings is 1. The van der Waals surface area contributed by atoms with Gasteiger partial charge >= 0.3 is 6.03 Å². The number of carbonyl (C=O) groups is 1. The highest BCUT2D eigenvalue weighted by molar-refractivity contribution is 5.90. The molecule has 1 N–H and O–H groups in total. The lowest BCUT2D eigenvalue weighted by Gasteiger charge is -2.32. The number of halogens is 1. The highest BCUT2D eigenvalue weighted by Crippen LogP contribution is 2.37. The van der Waals surface area contributed by atoms with E-state index in [-0.39, 0.29) is 11.8 Å². The van der Waals surface area contributed by atoms with Crippen LogP contribution in [0.5, 0.6) is 0 Å². The van der Waals surface area contributed by atoms with Crippen LogP contribution in [0.2, 0.25) is 0 Å². The second kappa shape index (κ2) is 9.97. The molecule has 4 heterocycles. The third kappa shape index (κ3) is 4.71. The van der Waals surface area contributed by atoms with Crippen molar-refractivity contribution in [3.05, 3.63) is 66.2 Å². The van der Waals surface area contributed by atoms with Gasteiger partial charge in [-0.1, -0.05) is 6.07 Å². The van der Waals surface area contributed by atoms with Gasteiger partial charge in [-0.05, 0) is 80.7 Å². The first-order valence-electron chi connectivity index (χ1n) is 13.2. The van der Waals surface area contributed by atoms with E-state index in [4.69, 9.17) is 0 Å². The number of aryl methyl sites for hydroxylation is 1. The Morgan fingerprint density at radius 1 is 1.05 bits per heavy atom. The summed E-state index contributed by atoms with van der Waals surface area (Å²) < 4.78 is 15.8. The fourth-order valence-electron chi connectivity index (χ4n) is 5.59. The molecule has 0 unspecified atom stereocenters. The van der Waals surface area contributed by atoms with Crippen LogP contribution in [0.15, 0.2) is 54.9 Å². The summed E-state index contributed by atoms with van der Waals surface area (Å²) >= 11 is 0. The Labute approximate surface area is 215 Å². The van der Waals surface area contributed by atoms with Gasteiger partial charge < -0.3 is 19.7 Å². The first-order chi connectivity index (χ1) is 18.1. The van der Waals surface area contributed by atoms with Crippen LogP contribution in [0.4, 0.5) is 9.18 Å². The minimum absolute atomic E-state index is 0.0539. The highest BCUT2D eigenvalue weighted by Gasteiger charge is 2.26. The third-order valence-corrected chi connectivity index (χ3v) is 7.71. The van der Waals surface area contributed by atoms with Gasteiger partial charge in [-0.25, -0.2) is 9.18 Å². The summed E-state index contributed by atoms with van der Waals surface area (Å²) in [5, 5.41) is 13.1. The number of rotatable bonds is 7. The molecule has 2 saturated heterocycles. The maximum atomic E-state index is 13.6. The Morgan fingerprint density at radius 3 is 2.57 bits per heavy atom. The molecule has 2 amide bonds. The summed E-state index contributed by atoms with van der Waals surface area (Å²) in [7, 11) is 0. The second-order valence-electron chi connectivity index (χ2n) is 9.92. The van der Waals surface area contributed by atoms with Crippen LogP contribution in [-0.2, 0) is 6.54 Å². The topological polar surface area (TPSA) is 71.2 Å². The molecule has 37 heavy (non-hydrogen) atoms. The Morgan fingerprint density at radius 2 is 1.86 bits per heavy atom. The summed E-state index contributed by atoms with van der Waals surface area (Å²) in [6, 6.07) is 13.2. The van der Waals surface area contributed by atoms with Crippen LogP contribution in [0, 0.1) is 5.82 Å². The minimum Gasteiger partial charge on any atom is -0.336 e. The van der Waals surface area contributed by atoms with Gasteiger partial charge in [0.05, 0.1) is 18.3 Å². The second-order valence-corrected chi connectivity index (χ2v) is 9.92. The summed E-state index contributed by atoms with van der Waals surface area (Å²) in [4.78, 5) is 17.9. The average Bonchev–Trinajstić information content (AvgIpc) is 3.66. The summed E-state index contributed by atoms with van der Waals surface area (Å²) in [5.74, 6) is 0.192. The van der Waals surface area contributed by atoms with Gasteiger partial charge in [0.25, 0.3) is 0 Å². The lowest BCUT2D eigenvalue weighted by molar-refractivity contribution is 0.181. The van der Waals surface area contributed by atoms with Gasteiger partial charge in [0.2, 0.25) is 0 Å². The highest BCUT2D eigenvalue weighted by atomic mass is 19.1. The summed E-state index contributed by atoms with van der Waals surface area (Å²) in [6.45, 7) is 8.01. The number of nitrogens with zero attached hydrogens (tertiary/aromatic N) is 6. The van der Waals surface area contributed by atoms with E-state index in [9.17, 15) is 9.18 Å². The molecule has 0 atom stereocenters. The van der Waals surface area contributed by atoms with Crippen molar-refractivity contribution in [2.24, 2.45) is 0 Å². The Bertz CT molecular complexity index is 1400. The monoisotopic (exact) mass is 501 g/mol. The first kappa shape index (κ1) is 23.7. The maximum Gasteiger partial charge on any atom is 0.317 e. The molecule has 0 aliphatic carbocycles. The fraction of sp³-hybridized carbons (Fsp3) is 0.393. The van der Waals surface area contributed by atoms with Crippen LogP contribution in [0.25, 0.3) is 27.8 Å². The zero-order valence-corrected chi connectivity index (χ0v) is 21.1. The smallest absolute Gasteiger partial charge is 0.317 e. The molecule has 2 aromatic heterocycles. The van der Waals surface area contributed by atoms with Crippen molar-refractivity contribution < 1.29 is 9.18 Å². The molecule has 9 heteroatoms. The molecule has 0 bridgehead atoms. The van der Waals surface area contributed by atoms with Gasteiger partial charge in [0.15, 0.2) is 0 Å². The molecule has 6 rings (SSSR count). The quantitative estimate of drug-likeness (QED) is 0.411. The molecule has 4 aromatic rings. The van der Waals surface area contributed by atoms with Crippen LogP contribution in [0.3, 0.4) is 0 Å².